The Bertz CT molecular complexity index is 459. The molecule has 4 nitrogen and oxygen atoms in total. The van der Waals surface area contributed by atoms with Gasteiger partial charge in [0.05, 0.1) is 38.6 Å². The van der Waals surface area contributed by atoms with E-state index in [-0.39, 0.29) is 12.7 Å². The van der Waals surface area contributed by atoms with Crippen LogP contribution in [0.5, 0.6) is 5.75 Å². The predicted octanol–water partition coefficient (Wildman–Crippen LogP) is 1.98. The molecule has 0 saturated heterocycles. The minimum atomic E-state index is 0.0472. The average Bonchev–Trinajstić information content (AvgIpc) is 2.46. The lowest BCUT2D eigenvalue weighted by atomic mass is 10.1. The van der Waals surface area contributed by atoms with E-state index in [1.807, 2.05) is 25.1 Å². The van der Waals surface area contributed by atoms with Gasteiger partial charge in [-0.05, 0) is 24.6 Å². The van der Waals surface area contributed by atoms with E-state index in [1.165, 1.54) is 0 Å². The van der Waals surface area contributed by atoms with Crippen LogP contribution in [0.2, 0.25) is 0 Å². The molecule has 110 valence electrons. The van der Waals surface area contributed by atoms with Gasteiger partial charge in [0.2, 0.25) is 0 Å². The molecule has 20 heavy (non-hydrogen) atoms. The zero-order chi connectivity index (χ0) is 14.8. The summed E-state index contributed by atoms with van der Waals surface area (Å²) < 4.78 is 16.0. The molecule has 1 rings (SSSR count). The third-order valence-electron chi connectivity index (χ3n) is 2.66. The smallest absolute Gasteiger partial charge is 0.134 e. The van der Waals surface area contributed by atoms with Gasteiger partial charge in [-0.15, -0.1) is 0 Å². The van der Waals surface area contributed by atoms with Gasteiger partial charge in [0, 0.05) is 13.5 Å². The molecule has 0 amide bonds. The van der Waals surface area contributed by atoms with Gasteiger partial charge in [0.1, 0.15) is 5.75 Å². The molecule has 1 unspecified atom stereocenters. The molecule has 0 saturated carbocycles. The van der Waals surface area contributed by atoms with Crippen LogP contribution in [-0.2, 0) is 16.1 Å². The standard InChI is InChI=1S/C16H22O4/c1-13(11-18-2)20-12-14-7-8-16(19-3)15(10-14)6-4-5-9-17/h7-8,10,13,17H,5,9,11-12H2,1-3H3. The number of hydrogen-bond acceptors (Lipinski definition) is 4. The third-order valence-corrected chi connectivity index (χ3v) is 2.66. The third kappa shape index (κ3) is 5.62. The summed E-state index contributed by atoms with van der Waals surface area (Å²) in [5, 5.41) is 8.76. The van der Waals surface area contributed by atoms with Crippen molar-refractivity contribution < 1.29 is 19.3 Å². The van der Waals surface area contributed by atoms with E-state index in [2.05, 4.69) is 11.8 Å². The SMILES string of the molecule is COCC(C)OCc1ccc(OC)c(C#CCCO)c1. The number of rotatable bonds is 7. The summed E-state index contributed by atoms with van der Waals surface area (Å²) in [7, 11) is 3.27. The van der Waals surface area contributed by atoms with Crippen LogP contribution >= 0.6 is 0 Å². The van der Waals surface area contributed by atoms with E-state index in [9.17, 15) is 0 Å². The summed E-state index contributed by atoms with van der Waals surface area (Å²) in [6.45, 7) is 3.10. The lowest BCUT2D eigenvalue weighted by molar-refractivity contribution is -0.000141. The summed E-state index contributed by atoms with van der Waals surface area (Å²) in [4.78, 5) is 0. The molecule has 0 radical (unpaired) electrons. The minimum Gasteiger partial charge on any atom is -0.495 e. The predicted molar refractivity (Wildman–Crippen MR) is 77.7 cm³/mol. The number of hydrogen-bond donors (Lipinski definition) is 1. The van der Waals surface area contributed by atoms with Crippen LogP contribution in [0.4, 0.5) is 0 Å². The van der Waals surface area contributed by atoms with Gasteiger partial charge in [-0.1, -0.05) is 17.9 Å². The van der Waals surface area contributed by atoms with Gasteiger partial charge >= 0.3 is 0 Å². The fourth-order valence-electron chi connectivity index (χ4n) is 1.68. The fourth-order valence-corrected chi connectivity index (χ4v) is 1.68. The summed E-state index contributed by atoms with van der Waals surface area (Å²) in [6.07, 6.45) is 0.500. The van der Waals surface area contributed by atoms with Crippen LogP contribution in [0, 0.1) is 11.8 Å². The second kappa shape index (κ2) is 9.38. The highest BCUT2D eigenvalue weighted by Crippen LogP contribution is 2.19. The first-order valence-electron chi connectivity index (χ1n) is 6.58. The Morgan fingerprint density at radius 1 is 1.30 bits per heavy atom. The first kappa shape index (κ1) is 16.5. The molecule has 0 aliphatic carbocycles. The van der Waals surface area contributed by atoms with E-state index in [1.54, 1.807) is 14.2 Å². The second-order valence-corrected chi connectivity index (χ2v) is 4.39. The largest absolute Gasteiger partial charge is 0.495 e. The highest BCUT2D eigenvalue weighted by atomic mass is 16.5. The van der Waals surface area contributed by atoms with E-state index < -0.39 is 0 Å². The molecular formula is C16H22O4. The van der Waals surface area contributed by atoms with Crippen molar-refractivity contribution in [1.82, 2.24) is 0 Å². The van der Waals surface area contributed by atoms with Crippen LogP contribution in [0.3, 0.4) is 0 Å². The fraction of sp³-hybridized carbons (Fsp3) is 0.500. The highest BCUT2D eigenvalue weighted by molar-refractivity contribution is 5.48. The van der Waals surface area contributed by atoms with Gasteiger partial charge in [-0.2, -0.15) is 0 Å². The maximum atomic E-state index is 8.76. The van der Waals surface area contributed by atoms with Crippen molar-refractivity contribution in [2.75, 3.05) is 27.4 Å². The molecule has 0 aromatic heterocycles. The van der Waals surface area contributed by atoms with Crippen molar-refractivity contribution in [2.45, 2.75) is 26.1 Å². The molecule has 0 bridgehead atoms. The Balaban J connectivity index is 2.74. The van der Waals surface area contributed by atoms with Crippen LogP contribution < -0.4 is 4.74 Å². The van der Waals surface area contributed by atoms with Gasteiger partial charge in [-0.3, -0.25) is 0 Å². The van der Waals surface area contributed by atoms with Gasteiger partial charge in [-0.25, -0.2) is 0 Å². The van der Waals surface area contributed by atoms with E-state index >= 15 is 0 Å². The molecule has 0 aliphatic rings. The lowest BCUT2D eigenvalue weighted by Crippen LogP contribution is -2.14. The zero-order valence-corrected chi connectivity index (χ0v) is 12.3. The molecule has 0 fully saturated rings. The maximum Gasteiger partial charge on any atom is 0.134 e. The number of aliphatic hydroxyl groups is 1. The van der Waals surface area contributed by atoms with Crippen molar-refractivity contribution in [2.24, 2.45) is 0 Å². The minimum absolute atomic E-state index is 0.0472. The monoisotopic (exact) mass is 278 g/mol. The summed E-state index contributed by atoms with van der Waals surface area (Å²) in [5.74, 6) is 6.63. The quantitative estimate of drug-likeness (QED) is 0.775. The Morgan fingerprint density at radius 2 is 2.10 bits per heavy atom. The van der Waals surface area contributed by atoms with Gasteiger partial charge < -0.3 is 19.3 Å². The maximum absolute atomic E-state index is 8.76. The van der Waals surface area contributed by atoms with E-state index in [4.69, 9.17) is 19.3 Å². The zero-order valence-electron chi connectivity index (χ0n) is 12.3. The van der Waals surface area contributed by atoms with Crippen molar-refractivity contribution in [1.29, 1.82) is 0 Å². The van der Waals surface area contributed by atoms with Gasteiger partial charge in [0.25, 0.3) is 0 Å². The first-order chi connectivity index (χ1) is 9.71. The van der Waals surface area contributed by atoms with Crippen LogP contribution in [0.25, 0.3) is 0 Å². The van der Waals surface area contributed by atoms with Crippen molar-refractivity contribution in [3.8, 4) is 17.6 Å². The first-order valence-corrected chi connectivity index (χ1v) is 6.58. The Morgan fingerprint density at radius 3 is 2.75 bits per heavy atom. The Kier molecular flexibility index (Phi) is 7.74. The summed E-state index contributed by atoms with van der Waals surface area (Å²) in [6, 6.07) is 5.78. The lowest BCUT2D eigenvalue weighted by Gasteiger charge is -2.12. The highest BCUT2D eigenvalue weighted by Gasteiger charge is 2.05. The number of methoxy groups -OCH3 is 2. The molecule has 0 spiro atoms. The van der Waals surface area contributed by atoms with Gasteiger partial charge in [0.15, 0.2) is 0 Å². The number of ether oxygens (including phenoxy) is 3. The summed E-state index contributed by atoms with van der Waals surface area (Å²) in [5.41, 5.74) is 1.84. The molecule has 0 heterocycles. The topological polar surface area (TPSA) is 47.9 Å². The Hall–Kier alpha value is -1.54. The second-order valence-electron chi connectivity index (χ2n) is 4.39. The molecule has 1 aromatic carbocycles. The summed E-state index contributed by atoms with van der Waals surface area (Å²) >= 11 is 0. The molecule has 0 aliphatic heterocycles. The van der Waals surface area contributed by atoms with Crippen molar-refractivity contribution in [3.63, 3.8) is 0 Å². The molecule has 1 aromatic rings. The molecule has 4 heteroatoms. The van der Waals surface area contributed by atoms with Crippen LogP contribution in [0.15, 0.2) is 18.2 Å². The normalized spacial score (nSPS) is 11.6. The van der Waals surface area contributed by atoms with Crippen molar-refractivity contribution >= 4 is 0 Å². The Labute approximate surface area is 120 Å². The van der Waals surface area contributed by atoms with E-state index in [0.717, 1.165) is 16.9 Å². The van der Waals surface area contributed by atoms with Crippen LogP contribution in [-0.4, -0.2) is 38.6 Å². The van der Waals surface area contributed by atoms with Crippen LogP contribution in [0.1, 0.15) is 24.5 Å². The molecular weight excluding hydrogens is 256 g/mol. The number of benzene rings is 1. The molecule has 1 atom stereocenters. The average molecular weight is 278 g/mol. The van der Waals surface area contributed by atoms with Crippen molar-refractivity contribution in [3.05, 3.63) is 29.3 Å². The number of aliphatic hydroxyl groups excluding tert-OH is 1. The van der Waals surface area contributed by atoms with E-state index in [0.29, 0.717) is 19.6 Å². The molecule has 1 N–H and O–H groups in total.